The Kier molecular flexibility index (Phi) is 5.55. The van der Waals surface area contributed by atoms with Gasteiger partial charge >= 0.3 is 0 Å². The lowest BCUT2D eigenvalue weighted by atomic mass is 9.95. The van der Waals surface area contributed by atoms with E-state index in [-0.39, 0.29) is 11.8 Å². The van der Waals surface area contributed by atoms with Crippen molar-refractivity contribution in [1.82, 2.24) is 14.9 Å². The second kappa shape index (κ2) is 8.02. The molecule has 0 radical (unpaired) electrons. The minimum atomic E-state index is -0.213. The summed E-state index contributed by atoms with van der Waals surface area (Å²) in [5.74, 6) is 1.22. The molecule has 1 N–H and O–H groups in total. The van der Waals surface area contributed by atoms with Gasteiger partial charge in [-0.15, -0.1) is 0 Å². The number of ether oxygens (including phenoxy) is 3. The topological polar surface area (TPSA) is 74.6 Å². The first-order valence-electron chi connectivity index (χ1n) is 8.27. The number of amides is 1. The number of nitrogens with zero attached hydrogens (tertiary/aromatic N) is 2. The fourth-order valence-corrected chi connectivity index (χ4v) is 2.93. The van der Waals surface area contributed by atoms with Gasteiger partial charge in [0.25, 0.3) is 0 Å². The zero-order chi connectivity index (χ0) is 17.6. The number of imidazole rings is 1. The van der Waals surface area contributed by atoms with E-state index in [0.717, 1.165) is 17.0 Å². The van der Waals surface area contributed by atoms with E-state index >= 15 is 0 Å². The zero-order valence-electron chi connectivity index (χ0n) is 14.5. The molecule has 0 fully saturated rings. The van der Waals surface area contributed by atoms with Crippen molar-refractivity contribution in [2.24, 2.45) is 5.92 Å². The highest BCUT2D eigenvalue weighted by Gasteiger charge is 2.27. The number of hydrogen-bond acceptors (Lipinski definition) is 5. The number of nitrogens with one attached hydrogen (secondary N) is 1. The number of rotatable bonds is 7. The molecule has 0 aliphatic carbocycles. The number of aromatic nitrogens is 2. The third-order valence-electron chi connectivity index (χ3n) is 4.32. The largest absolute Gasteiger partial charge is 0.493 e. The molecule has 0 saturated heterocycles. The fraction of sp³-hybridized carbons (Fsp3) is 0.444. The van der Waals surface area contributed by atoms with E-state index in [4.69, 9.17) is 14.2 Å². The second-order valence-electron chi connectivity index (χ2n) is 5.95. The monoisotopic (exact) mass is 345 g/mol. The molecule has 2 aromatic rings. The molecule has 3 rings (SSSR count). The maximum absolute atomic E-state index is 12.5. The zero-order valence-corrected chi connectivity index (χ0v) is 14.5. The van der Waals surface area contributed by atoms with Crippen molar-refractivity contribution >= 4 is 5.91 Å². The summed E-state index contributed by atoms with van der Waals surface area (Å²) in [5.41, 5.74) is 1.94. The van der Waals surface area contributed by atoms with Crippen LogP contribution in [0.2, 0.25) is 0 Å². The number of benzene rings is 1. The Bertz CT molecular complexity index is 729. The lowest BCUT2D eigenvalue weighted by Crippen LogP contribution is -2.37. The minimum Gasteiger partial charge on any atom is -0.493 e. The normalized spacial score (nSPS) is 16.0. The summed E-state index contributed by atoms with van der Waals surface area (Å²) in [4.78, 5) is 16.6. The van der Waals surface area contributed by atoms with Gasteiger partial charge in [0.05, 0.1) is 38.2 Å². The van der Waals surface area contributed by atoms with E-state index in [0.29, 0.717) is 38.5 Å². The van der Waals surface area contributed by atoms with Gasteiger partial charge in [-0.2, -0.15) is 0 Å². The lowest BCUT2D eigenvalue weighted by molar-refractivity contribution is -0.126. The number of fused-ring (bicyclic) bond motifs is 1. The molecule has 0 saturated carbocycles. The summed E-state index contributed by atoms with van der Waals surface area (Å²) in [6, 6.07) is 5.74. The van der Waals surface area contributed by atoms with Gasteiger partial charge in [0.1, 0.15) is 6.61 Å². The molecular weight excluding hydrogens is 322 g/mol. The smallest absolute Gasteiger partial charge is 0.227 e. The number of carbonyl (C=O) groups excluding carboxylic acids is 1. The van der Waals surface area contributed by atoms with E-state index in [1.54, 1.807) is 26.7 Å². The molecule has 0 spiro atoms. The first kappa shape index (κ1) is 17.3. The quantitative estimate of drug-likeness (QED) is 0.821. The van der Waals surface area contributed by atoms with Crippen LogP contribution in [0.1, 0.15) is 11.3 Å². The highest BCUT2D eigenvalue weighted by atomic mass is 16.5. The third-order valence-corrected chi connectivity index (χ3v) is 4.32. The molecule has 25 heavy (non-hydrogen) atoms. The number of carbonyl (C=O) groups is 1. The van der Waals surface area contributed by atoms with Crippen molar-refractivity contribution in [3.05, 3.63) is 42.0 Å². The molecule has 7 nitrogen and oxygen atoms in total. The Balaban J connectivity index is 1.58. The van der Waals surface area contributed by atoms with E-state index in [1.165, 1.54) is 0 Å². The van der Waals surface area contributed by atoms with Crippen molar-refractivity contribution in [1.29, 1.82) is 0 Å². The average Bonchev–Trinajstić information content (AvgIpc) is 3.10. The highest BCUT2D eigenvalue weighted by molar-refractivity contribution is 5.79. The van der Waals surface area contributed by atoms with Crippen molar-refractivity contribution < 1.29 is 19.0 Å². The number of methoxy groups -OCH3 is 2. The molecule has 1 atom stereocenters. The van der Waals surface area contributed by atoms with Crippen LogP contribution in [0.25, 0.3) is 0 Å². The molecule has 1 aromatic heterocycles. The van der Waals surface area contributed by atoms with E-state index < -0.39 is 0 Å². The van der Waals surface area contributed by atoms with Gasteiger partial charge in [0, 0.05) is 19.9 Å². The summed E-state index contributed by atoms with van der Waals surface area (Å²) in [6.07, 6.45) is 4.14. The summed E-state index contributed by atoms with van der Waals surface area (Å²) in [7, 11) is 3.28. The Morgan fingerprint density at radius 1 is 1.44 bits per heavy atom. The van der Waals surface area contributed by atoms with Crippen LogP contribution in [0, 0.1) is 5.92 Å². The second-order valence-corrected chi connectivity index (χ2v) is 5.95. The standard InChI is InChI=1S/C18H23N3O4/c1-23-7-6-21-12-19-9-15(21)10-20-18(22)14-8-13-4-3-5-16(24-2)17(13)25-11-14/h3-5,9,12,14H,6-8,10-11H2,1-2H3,(H,20,22)/t14-/m0/s1. The first-order chi connectivity index (χ1) is 12.2. The molecule has 1 amide bonds. The van der Waals surface area contributed by atoms with E-state index in [1.807, 2.05) is 22.8 Å². The lowest BCUT2D eigenvalue weighted by Gasteiger charge is -2.25. The molecule has 0 bridgehead atoms. The average molecular weight is 345 g/mol. The number of hydrogen-bond donors (Lipinski definition) is 1. The van der Waals surface area contributed by atoms with Crippen LogP contribution >= 0.6 is 0 Å². The van der Waals surface area contributed by atoms with Crippen LogP contribution in [0.4, 0.5) is 0 Å². The van der Waals surface area contributed by atoms with Crippen molar-refractivity contribution in [3.8, 4) is 11.5 Å². The van der Waals surface area contributed by atoms with Gasteiger partial charge in [-0.1, -0.05) is 12.1 Å². The molecule has 2 heterocycles. The minimum absolute atomic E-state index is 0.0204. The van der Waals surface area contributed by atoms with Crippen molar-refractivity contribution in [2.45, 2.75) is 19.5 Å². The third kappa shape index (κ3) is 3.93. The predicted octanol–water partition coefficient (Wildman–Crippen LogP) is 1.41. The highest BCUT2D eigenvalue weighted by Crippen LogP contribution is 2.36. The van der Waals surface area contributed by atoms with Crippen LogP contribution in [0.5, 0.6) is 11.5 Å². The summed E-state index contributed by atoms with van der Waals surface area (Å²) >= 11 is 0. The summed E-state index contributed by atoms with van der Waals surface area (Å²) < 4.78 is 18.1. The van der Waals surface area contributed by atoms with Gasteiger partial charge in [0.2, 0.25) is 5.91 Å². The van der Waals surface area contributed by atoms with Gasteiger partial charge in [-0.05, 0) is 18.1 Å². The van der Waals surface area contributed by atoms with Gasteiger partial charge < -0.3 is 24.1 Å². The van der Waals surface area contributed by atoms with Crippen LogP contribution in [0.15, 0.2) is 30.7 Å². The van der Waals surface area contributed by atoms with Crippen LogP contribution < -0.4 is 14.8 Å². The van der Waals surface area contributed by atoms with Gasteiger partial charge in [-0.25, -0.2) is 4.98 Å². The molecule has 134 valence electrons. The summed E-state index contributed by atoms with van der Waals surface area (Å²) in [6.45, 7) is 2.10. The van der Waals surface area contributed by atoms with E-state index in [9.17, 15) is 4.79 Å². The van der Waals surface area contributed by atoms with E-state index in [2.05, 4.69) is 10.3 Å². The first-order valence-corrected chi connectivity index (χ1v) is 8.27. The fourth-order valence-electron chi connectivity index (χ4n) is 2.93. The molecule has 1 aliphatic rings. The molecule has 1 aliphatic heterocycles. The van der Waals surface area contributed by atoms with Crippen molar-refractivity contribution in [3.63, 3.8) is 0 Å². The maximum atomic E-state index is 12.5. The molecule has 1 aromatic carbocycles. The molecular formula is C18H23N3O4. The van der Waals surface area contributed by atoms with Crippen LogP contribution in [0.3, 0.4) is 0 Å². The van der Waals surface area contributed by atoms with Crippen molar-refractivity contribution in [2.75, 3.05) is 27.4 Å². The SMILES string of the molecule is COCCn1cncc1CNC(=O)[C@@H]1COc2c(cccc2OC)C1. The maximum Gasteiger partial charge on any atom is 0.227 e. The molecule has 7 heteroatoms. The Labute approximate surface area is 146 Å². The molecule has 0 unspecified atom stereocenters. The Morgan fingerprint density at radius 3 is 3.12 bits per heavy atom. The van der Waals surface area contributed by atoms with Gasteiger partial charge in [0.15, 0.2) is 11.5 Å². The van der Waals surface area contributed by atoms with Crippen LogP contribution in [-0.4, -0.2) is 42.9 Å². The number of para-hydroxylation sites is 1. The summed E-state index contributed by atoms with van der Waals surface area (Å²) in [5, 5.41) is 2.98. The Morgan fingerprint density at radius 2 is 2.32 bits per heavy atom. The predicted molar refractivity (Wildman–Crippen MR) is 91.6 cm³/mol. The Hall–Kier alpha value is -2.54. The van der Waals surface area contributed by atoms with Gasteiger partial charge in [-0.3, -0.25) is 4.79 Å². The van der Waals surface area contributed by atoms with Crippen LogP contribution in [-0.2, 0) is 29.0 Å².